The Balaban J connectivity index is 1.58. The van der Waals surface area contributed by atoms with E-state index in [4.69, 9.17) is 0 Å². The fraction of sp³-hybridized carbons (Fsp3) is 0.550. The Morgan fingerprint density at radius 3 is 2.35 bits per heavy atom. The second-order valence-electron chi connectivity index (χ2n) is 7.52. The number of nitrogens with one attached hydrogen (secondary N) is 1. The smallest absolute Gasteiger partial charge is 0.233 e. The molecule has 2 aliphatic rings. The van der Waals surface area contributed by atoms with Crippen LogP contribution in [0.1, 0.15) is 37.7 Å². The van der Waals surface area contributed by atoms with Gasteiger partial charge in [-0.05, 0) is 38.6 Å². The number of rotatable bonds is 6. The lowest BCUT2D eigenvalue weighted by molar-refractivity contribution is -0.140. The van der Waals surface area contributed by atoms with E-state index in [-0.39, 0.29) is 42.5 Å². The van der Waals surface area contributed by atoms with Crippen molar-refractivity contribution in [3.8, 4) is 0 Å². The van der Waals surface area contributed by atoms with E-state index in [9.17, 15) is 14.4 Å². The molecule has 1 saturated heterocycles. The van der Waals surface area contributed by atoms with Gasteiger partial charge >= 0.3 is 0 Å². The van der Waals surface area contributed by atoms with Crippen molar-refractivity contribution < 1.29 is 14.4 Å². The average molecular weight is 357 g/mol. The zero-order valence-corrected chi connectivity index (χ0v) is 15.5. The lowest BCUT2D eigenvalue weighted by atomic mass is 9.81. The third-order valence-corrected chi connectivity index (χ3v) is 5.27. The molecule has 0 spiro atoms. The molecule has 3 rings (SSSR count). The fourth-order valence-electron chi connectivity index (χ4n) is 4.00. The SMILES string of the molecule is CN(C)Cc1ccccc1NC(=O)CCN1C(=O)[C@@H]2CCCC[C@H]2C1=O. The molecule has 2 atom stereocenters. The van der Waals surface area contributed by atoms with Crippen LogP contribution >= 0.6 is 0 Å². The molecule has 6 heteroatoms. The van der Waals surface area contributed by atoms with Crippen LogP contribution in [-0.4, -0.2) is 48.2 Å². The van der Waals surface area contributed by atoms with Crippen molar-refractivity contribution >= 4 is 23.4 Å². The Labute approximate surface area is 154 Å². The van der Waals surface area contributed by atoms with Gasteiger partial charge in [-0.2, -0.15) is 0 Å². The number of anilines is 1. The van der Waals surface area contributed by atoms with Crippen LogP contribution in [0.5, 0.6) is 0 Å². The summed E-state index contributed by atoms with van der Waals surface area (Å²) in [5.41, 5.74) is 1.81. The largest absolute Gasteiger partial charge is 0.326 e. The van der Waals surface area contributed by atoms with Crippen molar-refractivity contribution in [3.05, 3.63) is 29.8 Å². The number of carbonyl (C=O) groups is 3. The van der Waals surface area contributed by atoms with Crippen LogP contribution in [0.15, 0.2) is 24.3 Å². The predicted octanol–water partition coefficient (Wildman–Crippen LogP) is 2.25. The summed E-state index contributed by atoms with van der Waals surface area (Å²) in [5.74, 6) is -0.645. The molecule has 0 unspecified atom stereocenters. The molecule has 1 saturated carbocycles. The number of fused-ring (bicyclic) bond motifs is 1. The Kier molecular flexibility index (Phi) is 5.71. The number of imide groups is 1. The van der Waals surface area contributed by atoms with E-state index in [2.05, 4.69) is 5.32 Å². The predicted molar refractivity (Wildman–Crippen MR) is 99.2 cm³/mol. The van der Waals surface area contributed by atoms with E-state index in [0.717, 1.165) is 43.5 Å². The molecule has 3 amide bonds. The minimum atomic E-state index is -0.174. The number of hydrogen-bond donors (Lipinski definition) is 1. The maximum Gasteiger partial charge on any atom is 0.233 e. The van der Waals surface area contributed by atoms with Crippen LogP contribution in [0.2, 0.25) is 0 Å². The monoisotopic (exact) mass is 357 g/mol. The quantitative estimate of drug-likeness (QED) is 0.793. The van der Waals surface area contributed by atoms with Crippen LogP contribution in [0.4, 0.5) is 5.69 Å². The molecule has 1 aromatic carbocycles. The van der Waals surface area contributed by atoms with Crippen molar-refractivity contribution in [2.45, 2.75) is 38.6 Å². The van der Waals surface area contributed by atoms with Crippen molar-refractivity contribution in [1.29, 1.82) is 0 Å². The van der Waals surface area contributed by atoms with Crippen molar-refractivity contribution in [1.82, 2.24) is 9.80 Å². The minimum absolute atomic E-state index is 0.0829. The van der Waals surface area contributed by atoms with Crippen LogP contribution in [0.25, 0.3) is 0 Å². The van der Waals surface area contributed by atoms with E-state index in [1.165, 1.54) is 4.90 Å². The minimum Gasteiger partial charge on any atom is -0.326 e. The second-order valence-corrected chi connectivity index (χ2v) is 7.52. The Bertz CT molecular complexity index is 677. The van der Waals surface area contributed by atoms with Gasteiger partial charge in [0.25, 0.3) is 0 Å². The Morgan fingerprint density at radius 2 is 1.73 bits per heavy atom. The summed E-state index contributed by atoms with van der Waals surface area (Å²) in [7, 11) is 3.95. The lowest BCUT2D eigenvalue weighted by Crippen LogP contribution is -2.34. The van der Waals surface area contributed by atoms with Gasteiger partial charge in [0.15, 0.2) is 0 Å². The normalized spacial score (nSPS) is 22.7. The van der Waals surface area contributed by atoms with Crippen LogP contribution in [0, 0.1) is 11.8 Å². The highest BCUT2D eigenvalue weighted by Crippen LogP contribution is 2.37. The zero-order valence-electron chi connectivity index (χ0n) is 15.5. The molecule has 1 aliphatic heterocycles. The highest BCUT2D eigenvalue weighted by molar-refractivity contribution is 6.05. The van der Waals surface area contributed by atoms with E-state index in [1.54, 1.807) is 0 Å². The number of likely N-dealkylation sites (tertiary alicyclic amines) is 1. The summed E-state index contributed by atoms with van der Waals surface area (Å²) in [5, 5.41) is 2.92. The number of nitrogens with zero attached hydrogens (tertiary/aromatic N) is 2. The molecular formula is C20H27N3O3. The van der Waals surface area contributed by atoms with Gasteiger partial charge in [-0.3, -0.25) is 19.3 Å². The number of hydrogen-bond acceptors (Lipinski definition) is 4. The fourth-order valence-corrected chi connectivity index (χ4v) is 4.00. The summed E-state index contributed by atoms with van der Waals surface area (Å²) in [6.07, 6.45) is 3.76. The molecule has 26 heavy (non-hydrogen) atoms. The standard InChI is InChI=1S/C20H27N3O3/c1-22(2)13-14-7-3-6-10-17(14)21-18(24)11-12-23-19(25)15-8-4-5-9-16(15)20(23)26/h3,6-7,10,15-16H,4-5,8-9,11-13H2,1-2H3,(H,21,24)/t15-,16-/m1/s1. The molecule has 1 aromatic rings. The molecule has 2 fully saturated rings. The maximum absolute atomic E-state index is 12.5. The van der Waals surface area contributed by atoms with Crippen molar-refractivity contribution in [3.63, 3.8) is 0 Å². The molecule has 0 radical (unpaired) electrons. The topological polar surface area (TPSA) is 69.7 Å². The first-order valence-corrected chi connectivity index (χ1v) is 9.35. The number of carbonyl (C=O) groups excluding carboxylic acids is 3. The highest BCUT2D eigenvalue weighted by atomic mass is 16.2. The first-order chi connectivity index (χ1) is 12.5. The van der Waals surface area contributed by atoms with Gasteiger partial charge in [-0.25, -0.2) is 0 Å². The lowest BCUT2D eigenvalue weighted by Gasteiger charge is -2.19. The van der Waals surface area contributed by atoms with Gasteiger partial charge in [0, 0.05) is 25.2 Å². The average Bonchev–Trinajstić information content (AvgIpc) is 2.86. The zero-order chi connectivity index (χ0) is 18.7. The van der Waals surface area contributed by atoms with Gasteiger partial charge in [0.05, 0.1) is 11.8 Å². The van der Waals surface area contributed by atoms with Gasteiger partial charge in [-0.15, -0.1) is 0 Å². The summed E-state index contributed by atoms with van der Waals surface area (Å²) < 4.78 is 0. The molecule has 140 valence electrons. The van der Waals surface area contributed by atoms with E-state index in [1.807, 2.05) is 43.3 Å². The second kappa shape index (κ2) is 7.99. The molecule has 0 aromatic heterocycles. The van der Waals surface area contributed by atoms with E-state index in [0.29, 0.717) is 0 Å². The summed E-state index contributed by atoms with van der Waals surface area (Å²) in [6, 6.07) is 7.68. The van der Waals surface area contributed by atoms with Gasteiger partial charge in [0.2, 0.25) is 17.7 Å². The molecule has 1 heterocycles. The summed E-state index contributed by atoms with van der Waals surface area (Å²) >= 11 is 0. The number of amides is 3. The van der Waals surface area contributed by atoms with E-state index >= 15 is 0 Å². The molecule has 6 nitrogen and oxygen atoms in total. The molecule has 1 aliphatic carbocycles. The highest BCUT2D eigenvalue weighted by Gasteiger charge is 2.47. The van der Waals surface area contributed by atoms with Crippen molar-refractivity contribution in [2.24, 2.45) is 11.8 Å². The maximum atomic E-state index is 12.5. The number of benzene rings is 1. The van der Waals surface area contributed by atoms with Gasteiger partial charge < -0.3 is 10.2 Å². The molecule has 0 bridgehead atoms. The molecule has 1 N–H and O–H groups in total. The van der Waals surface area contributed by atoms with Gasteiger partial charge in [-0.1, -0.05) is 31.0 Å². The van der Waals surface area contributed by atoms with Gasteiger partial charge in [0.1, 0.15) is 0 Å². The van der Waals surface area contributed by atoms with E-state index < -0.39 is 0 Å². The molecular weight excluding hydrogens is 330 g/mol. The Morgan fingerprint density at radius 1 is 1.12 bits per heavy atom. The number of para-hydroxylation sites is 1. The third kappa shape index (κ3) is 3.96. The van der Waals surface area contributed by atoms with Crippen LogP contribution in [-0.2, 0) is 20.9 Å². The Hall–Kier alpha value is -2.21. The first kappa shape index (κ1) is 18.6. The summed E-state index contributed by atoms with van der Waals surface area (Å²) in [6.45, 7) is 0.898. The van der Waals surface area contributed by atoms with Crippen molar-refractivity contribution in [2.75, 3.05) is 26.0 Å². The summed E-state index contributed by atoms with van der Waals surface area (Å²) in [4.78, 5) is 40.6. The first-order valence-electron chi connectivity index (χ1n) is 9.35. The van der Waals surface area contributed by atoms with Crippen LogP contribution < -0.4 is 5.32 Å². The van der Waals surface area contributed by atoms with Crippen LogP contribution in [0.3, 0.4) is 0 Å². The third-order valence-electron chi connectivity index (χ3n) is 5.27.